The van der Waals surface area contributed by atoms with Crippen LogP contribution in [0.3, 0.4) is 0 Å². The molecule has 8 nitrogen and oxygen atoms in total. The largest absolute Gasteiger partial charge is 0.460 e. The van der Waals surface area contributed by atoms with Crippen LogP contribution in [0.5, 0.6) is 0 Å². The third-order valence-electron chi connectivity index (χ3n) is 1.75. The normalized spacial score (nSPS) is 12.3. The fraction of sp³-hybridized carbons (Fsp3) is 0.600. The van der Waals surface area contributed by atoms with E-state index in [-0.39, 0.29) is 13.2 Å². The molecule has 0 rings (SSSR count). The van der Waals surface area contributed by atoms with Crippen molar-refractivity contribution in [2.75, 3.05) is 13.2 Å². The van der Waals surface area contributed by atoms with Gasteiger partial charge in [-0.3, -0.25) is 0 Å². The van der Waals surface area contributed by atoms with Crippen LogP contribution >= 0.6 is 0 Å². The average molecular weight is 256 g/mol. The molecule has 0 saturated heterocycles. The molecule has 0 aliphatic rings. The first kappa shape index (κ1) is 15.7. The highest BCUT2D eigenvalue weighted by Gasteiger charge is 2.15. The Hall–Kier alpha value is -2.30. The second kappa shape index (κ2) is 8.81. The maximum Gasteiger partial charge on any atom is 0.331 e. The van der Waals surface area contributed by atoms with Gasteiger partial charge in [-0.2, -0.15) is 9.98 Å². The van der Waals surface area contributed by atoms with Gasteiger partial charge in [-0.05, 0) is 13.8 Å². The van der Waals surface area contributed by atoms with E-state index in [1.807, 2.05) is 0 Å². The summed E-state index contributed by atoms with van der Waals surface area (Å²) in [5.41, 5.74) is 0. The molecule has 0 aromatic heterocycles. The Bertz CT molecular complexity index is 357. The third kappa shape index (κ3) is 6.32. The van der Waals surface area contributed by atoms with Gasteiger partial charge in [0.05, 0.1) is 0 Å². The van der Waals surface area contributed by atoms with Crippen molar-refractivity contribution in [2.45, 2.75) is 25.9 Å². The molecule has 0 aliphatic heterocycles. The van der Waals surface area contributed by atoms with Crippen molar-refractivity contribution >= 4 is 24.1 Å². The van der Waals surface area contributed by atoms with Gasteiger partial charge in [-0.15, -0.1) is 0 Å². The number of carbonyl (C=O) groups excluding carboxylic acids is 4. The number of isocyanates is 2. The van der Waals surface area contributed by atoms with Gasteiger partial charge < -0.3 is 9.47 Å². The fourth-order valence-electron chi connectivity index (χ4n) is 0.789. The van der Waals surface area contributed by atoms with Gasteiger partial charge in [0.1, 0.15) is 13.2 Å². The van der Waals surface area contributed by atoms with Crippen molar-refractivity contribution in [3.8, 4) is 0 Å². The van der Waals surface area contributed by atoms with Gasteiger partial charge >= 0.3 is 11.9 Å². The molecule has 0 N–H and O–H groups in total. The smallest absolute Gasteiger partial charge is 0.331 e. The van der Waals surface area contributed by atoms with Crippen LogP contribution in [0.4, 0.5) is 0 Å². The van der Waals surface area contributed by atoms with Gasteiger partial charge in [0.25, 0.3) is 0 Å². The molecule has 18 heavy (non-hydrogen) atoms. The van der Waals surface area contributed by atoms with Gasteiger partial charge in [0.15, 0.2) is 12.1 Å². The number of carbonyl (C=O) groups is 2. The monoisotopic (exact) mass is 256 g/mol. The molecule has 8 heteroatoms. The van der Waals surface area contributed by atoms with Crippen LogP contribution in [0.15, 0.2) is 9.98 Å². The molecule has 0 aromatic rings. The van der Waals surface area contributed by atoms with Crippen molar-refractivity contribution in [3.05, 3.63) is 0 Å². The van der Waals surface area contributed by atoms with E-state index in [2.05, 4.69) is 19.5 Å². The molecule has 2 atom stereocenters. The van der Waals surface area contributed by atoms with Crippen LogP contribution in [-0.2, 0) is 28.7 Å². The van der Waals surface area contributed by atoms with E-state index in [0.717, 1.165) is 0 Å². The minimum atomic E-state index is -0.947. The van der Waals surface area contributed by atoms with E-state index in [0.29, 0.717) is 0 Å². The zero-order valence-corrected chi connectivity index (χ0v) is 9.91. The molecular weight excluding hydrogens is 244 g/mol. The first-order valence-electron chi connectivity index (χ1n) is 5.00. The second-order valence-corrected chi connectivity index (χ2v) is 3.13. The highest BCUT2D eigenvalue weighted by atomic mass is 16.6. The van der Waals surface area contributed by atoms with E-state index in [1.165, 1.54) is 26.0 Å². The summed E-state index contributed by atoms with van der Waals surface area (Å²) in [6.45, 7) is 2.36. The number of aliphatic imine (C=N–C) groups is 2. The fourth-order valence-corrected chi connectivity index (χ4v) is 0.789. The molecule has 0 spiro atoms. The lowest BCUT2D eigenvalue weighted by Gasteiger charge is -2.08. The second-order valence-electron chi connectivity index (χ2n) is 3.13. The maximum absolute atomic E-state index is 11.1. The quantitative estimate of drug-likeness (QED) is 0.263. The van der Waals surface area contributed by atoms with Gasteiger partial charge in [-0.25, -0.2) is 19.2 Å². The molecule has 0 amide bonds. The van der Waals surface area contributed by atoms with E-state index < -0.39 is 24.0 Å². The summed E-state index contributed by atoms with van der Waals surface area (Å²) in [5.74, 6) is -1.46. The van der Waals surface area contributed by atoms with Crippen LogP contribution in [0.1, 0.15) is 13.8 Å². The van der Waals surface area contributed by atoms with Crippen molar-refractivity contribution in [1.29, 1.82) is 0 Å². The number of rotatable bonds is 7. The summed E-state index contributed by atoms with van der Waals surface area (Å²) in [6.07, 6.45) is 2.45. The highest BCUT2D eigenvalue weighted by molar-refractivity contribution is 5.77. The molecular formula is C10H12N2O6. The Morgan fingerprint density at radius 3 is 1.56 bits per heavy atom. The minimum Gasteiger partial charge on any atom is -0.460 e. The lowest BCUT2D eigenvalue weighted by atomic mass is 10.4. The van der Waals surface area contributed by atoms with E-state index in [9.17, 15) is 19.2 Å². The van der Waals surface area contributed by atoms with Gasteiger partial charge in [0.2, 0.25) is 12.2 Å². The number of ether oxygens (including phenoxy) is 2. The van der Waals surface area contributed by atoms with Crippen LogP contribution in [-0.4, -0.2) is 49.4 Å². The van der Waals surface area contributed by atoms with E-state index in [1.54, 1.807) is 0 Å². The predicted octanol–water partition coefficient (Wildman–Crippen LogP) is -0.479. The molecule has 0 heterocycles. The number of esters is 2. The lowest BCUT2D eigenvalue weighted by molar-refractivity contribution is -0.153. The molecule has 0 aromatic carbocycles. The van der Waals surface area contributed by atoms with Crippen LogP contribution in [0.25, 0.3) is 0 Å². The van der Waals surface area contributed by atoms with Crippen molar-refractivity contribution in [2.24, 2.45) is 9.98 Å². The SMILES string of the molecule is CC(N=C=O)C(=O)OCCOC(=O)C(C)N=C=O. The van der Waals surface area contributed by atoms with Crippen molar-refractivity contribution < 1.29 is 28.7 Å². The Balaban J connectivity index is 3.87. The Labute approximate surface area is 103 Å². The molecule has 0 aliphatic carbocycles. The highest BCUT2D eigenvalue weighted by Crippen LogP contribution is 1.95. The third-order valence-corrected chi connectivity index (χ3v) is 1.75. The zero-order valence-electron chi connectivity index (χ0n) is 9.91. The van der Waals surface area contributed by atoms with E-state index in [4.69, 9.17) is 0 Å². The predicted molar refractivity (Wildman–Crippen MR) is 57.1 cm³/mol. The Kier molecular flexibility index (Phi) is 7.68. The number of hydrogen-bond acceptors (Lipinski definition) is 8. The van der Waals surface area contributed by atoms with Gasteiger partial charge in [0, 0.05) is 0 Å². The van der Waals surface area contributed by atoms with Crippen molar-refractivity contribution in [1.82, 2.24) is 0 Å². The molecule has 0 saturated carbocycles. The van der Waals surface area contributed by atoms with Crippen LogP contribution < -0.4 is 0 Å². The molecule has 0 bridgehead atoms. The first-order valence-corrected chi connectivity index (χ1v) is 5.00. The molecule has 0 radical (unpaired) electrons. The minimum absolute atomic E-state index is 0.180. The summed E-state index contributed by atoms with van der Waals surface area (Å²) in [6, 6.07) is -1.89. The molecule has 2 unspecified atom stereocenters. The number of nitrogens with zero attached hydrogens (tertiary/aromatic N) is 2. The topological polar surface area (TPSA) is 111 Å². The number of hydrogen-bond donors (Lipinski definition) is 0. The summed E-state index contributed by atoms with van der Waals surface area (Å²) < 4.78 is 9.30. The van der Waals surface area contributed by atoms with Crippen molar-refractivity contribution in [3.63, 3.8) is 0 Å². The van der Waals surface area contributed by atoms with Crippen LogP contribution in [0, 0.1) is 0 Å². The van der Waals surface area contributed by atoms with Crippen LogP contribution in [0.2, 0.25) is 0 Å². The Morgan fingerprint density at radius 1 is 0.944 bits per heavy atom. The summed E-state index contributed by atoms with van der Waals surface area (Å²) in [5, 5.41) is 0. The summed E-state index contributed by atoms with van der Waals surface area (Å²) in [7, 11) is 0. The zero-order chi connectivity index (χ0) is 14.0. The Morgan fingerprint density at radius 2 is 1.28 bits per heavy atom. The maximum atomic E-state index is 11.1. The molecule has 98 valence electrons. The summed E-state index contributed by atoms with van der Waals surface area (Å²) >= 11 is 0. The van der Waals surface area contributed by atoms with E-state index >= 15 is 0 Å². The summed E-state index contributed by atoms with van der Waals surface area (Å²) in [4.78, 5) is 48.2. The molecule has 0 fully saturated rings. The lowest BCUT2D eigenvalue weighted by Crippen LogP contribution is -2.23. The first-order chi connectivity index (χ1) is 8.52. The standard InChI is InChI=1S/C10H12N2O6/c1-7(11-5-13)9(15)17-3-4-18-10(16)8(2)12-6-14/h7-8H,3-4H2,1-2H3. The van der Waals surface area contributed by atoms with Gasteiger partial charge in [-0.1, -0.05) is 0 Å². The average Bonchev–Trinajstić information content (AvgIpc) is 2.34.